The van der Waals surface area contributed by atoms with Crippen molar-refractivity contribution in [2.24, 2.45) is 0 Å². The van der Waals surface area contributed by atoms with Gasteiger partial charge in [0.05, 0.1) is 29.8 Å². The molecule has 0 N–H and O–H groups in total. The molecule has 0 aliphatic carbocycles. The zero-order valence-corrected chi connectivity index (χ0v) is 19.4. The second-order valence-corrected chi connectivity index (χ2v) is 9.75. The Morgan fingerprint density at radius 2 is 2.07 bits per heavy atom. The first-order chi connectivity index (χ1) is 13.0. The van der Waals surface area contributed by atoms with Gasteiger partial charge in [-0.25, -0.2) is 13.3 Å². The minimum Gasteiger partial charge on any atom is -0.444 e. The number of amides is 1. The van der Waals surface area contributed by atoms with Crippen LogP contribution in [0.3, 0.4) is 0 Å². The van der Waals surface area contributed by atoms with Crippen LogP contribution in [-0.4, -0.2) is 62.5 Å². The topological polar surface area (TPSA) is 73.7 Å². The van der Waals surface area contributed by atoms with E-state index in [0.29, 0.717) is 21.4 Å². The van der Waals surface area contributed by atoms with Crippen LogP contribution in [0.5, 0.6) is 0 Å². The Bertz CT molecular complexity index is 885. The molecule has 156 valence electrons. The number of halogens is 2. The van der Waals surface area contributed by atoms with Crippen molar-refractivity contribution in [1.29, 1.82) is 0 Å². The lowest BCUT2D eigenvalue weighted by molar-refractivity contribution is 0.0239. The van der Waals surface area contributed by atoms with E-state index in [9.17, 15) is 13.4 Å². The lowest BCUT2D eigenvalue weighted by atomic mass is 10.2. The van der Waals surface area contributed by atoms with Crippen molar-refractivity contribution in [3.8, 4) is 0 Å². The van der Waals surface area contributed by atoms with Gasteiger partial charge in [0.2, 0.25) is 0 Å². The van der Waals surface area contributed by atoms with Gasteiger partial charge in [-0.3, -0.25) is 4.21 Å². The molecule has 28 heavy (non-hydrogen) atoms. The first-order valence-electron chi connectivity index (χ1n) is 8.47. The van der Waals surface area contributed by atoms with Crippen molar-refractivity contribution in [3.63, 3.8) is 0 Å². The van der Waals surface area contributed by atoms with E-state index in [-0.39, 0.29) is 24.5 Å². The fourth-order valence-corrected chi connectivity index (χ4v) is 4.11. The number of carbonyl (C=O) groups is 1. The van der Waals surface area contributed by atoms with Crippen LogP contribution in [0.15, 0.2) is 21.6 Å². The Morgan fingerprint density at radius 1 is 1.39 bits per heavy atom. The minimum absolute atomic E-state index is 0.202. The maximum atomic E-state index is 14.3. The maximum absolute atomic E-state index is 14.3. The van der Waals surface area contributed by atoms with Gasteiger partial charge in [0, 0.05) is 23.9 Å². The summed E-state index contributed by atoms with van der Waals surface area (Å²) in [5, 5.41) is 4.48. The molecule has 0 bridgehead atoms. The number of nitrogens with zero attached hydrogens (tertiary/aromatic N) is 3. The molecular weight excluding hydrogens is 473 g/mol. The van der Waals surface area contributed by atoms with Crippen LogP contribution in [0.25, 0.3) is 10.9 Å². The number of ether oxygens (including phenoxy) is 2. The second-order valence-electron chi connectivity index (χ2n) is 7.05. The molecule has 2 aromatic rings. The summed E-state index contributed by atoms with van der Waals surface area (Å²) in [5.41, 5.74) is -0.338. The number of likely N-dealkylation sites (N-methyl/N-ethyl adjacent to an activating group) is 1. The number of carbonyl (C=O) groups excluding carboxylic acids is 1. The van der Waals surface area contributed by atoms with Gasteiger partial charge in [-0.2, -0.15) is 5.10 Å². The van der Waals surface area contributed by atoms with E-state index < -0.39 is 28.3 Å². The largest absolute Gasteiger partial charge is 0.444 e. The highest BCUT2D eigenvalue weighted by atomic mass is 79.9. The summed E-state index contributed by atoms with van der Waals surface area (Å²) in [6, 6.07) is 2.84. The van der Waals surface area contributed by atoms with Gasteiger partial charge in [-0.05, 0) is 61.6 Å². The maximum Gasteiger partial charge on any atom is 0.410 e. The molecule has 1 atom stereocenters. The molecule has 7 nitrogen and oxygen atoms in total. The van der Waals surface area contributed by atoms with Gasteiger partial charge in [-0.15, -0.1) is 0 Å². The Balaban J connectivity index is 1.83. The molecule has 11 heteroatoms. The van der Waals surface area contributed by atoms with E-state index in [1.165, 1.54) is 11.0 Å². The minimum atomic E-state index is -1.44. The summed E-state index contributed by atoms with van der Waals surface area (Å²) >= 11 is 7.30. The smallest absolute Gasteiger partial charge is 0.410 e. The number of hydrogen-bond donors (Lipinski definition) is 1. The number of rotatable bonds is 7. The highest BCUT2D eigenvalue weighted by Crippen LogP contribution is 2.28. The van der Waals surface area contributed by atoms with E-state index >= 15 is 0 Å². The van der Waals surface area contributed by atoms with E-state index in [2.05, 4.69) is 33.8 Å². The molecule has 1 unspecified atom stereocenters. The normalized spacial score (nSPS) is 13.0. The highest BCUT2D eigenvalue weighted by Gasteiger charge is 2.19. The van der Waals surface area contributed by atoms with Gasteiger partial charge in [0.25, 0.3) is 0 Å². The summed E-state index contributed by atoms with van der Waals surface area (Å²) in [7, 11) is 0.180. The van der Waals surface area contributed by atoms with Crippen LogP contribution in [0.2, 0.25) is 0 Å². The van der Waals surface area contributed by atoms with Crippen LogP contribution in [-0.2, 0) is 20.3 Å². The van der Waals surface area contributed by atoms with E-state index in [1.54, 1.807) is 33.9 Å². The Hall–Kier alpha value is -1.17. The monoisotopic (exact) mass is 495 g/mol. The van der Waals surface area contributed by atoms with Crippen molar-refractivity contribution >= 4 is 56.5 Å². The molecule has 1 amide bonds. The Labute approximate surface area is 179 Å². The number of thiol groups is 1. The zero-order valence-electron chi connectivity index (χ0n) is 16.1. The van der Waals surface area contributed by atoms with Crippen LogP contribution in [0.4, 0.5) is 9.18 Å². The fourth-order valence-electron chi connectivity index (χ4n) is 2.24. The molecule has 0 radical (unpaired) electrons. The zero-order chi connectivity index (χ0) is 21.1. The van der Waals surface area contributed by atoms with Gasteiger partial charge in [-0.1, -0.05) is 0 Å². The van der Waals surface area contributed by atoms with Gasteiger partial charge in [0.15, 0.2) is 5.82 Å². The molecule has 2 rings (SSSR count). The Kier molecular flexibility index (Phi) is 7.89. The Morgan fingerprint density at radius 3 is 2.71 bits per heavy atom. The lowest BCUT2D eigenvalue weighted by Crippen LogP contribution is -2.36. The quantitative estimate of drug-likeness (QED) is 0.468. The summed E-state index contributed by atoms with van der Waals surface area (Å²) in [4.78, 5) is 13.6. The molecule has 1 aromatic heterocycles. The summed E-state index contributed by atoms with van der Waals surface area (Å²) in [5.74, 6) is -0.345. The first kappa shape index (κ1) is 23.1. The van der Waals surface area contributed by atoms with Gasteiger partial charge < -0.3 is 14.4 Å². The third-order valence-corrected chi connectivity index (χ3v) is 5.77. The van der Waals surface area contributed by atoms with Crippen molar-refractivity contribution < 1.29 is 22.9 Å². The van der Waals surface area contributed by atoms with E-state index in [1.807, 2.05) is 0 Å². The summed E-state index contributed by atoms with van der Waals surface area (Å²) in [6.45, 7) is 6.22. The fraction of sp³-hybridized carbons (Fsp3) is 0.529. The first-order valence-corrected chi connectivity index (χ1v) is 11.0. The van der Waals surface area contributed by atoms with Crippen LogP contribution < -0.4 is 0 Å². The summed E-state index contributed by atoms with van der Waals surface area (Å²) in [6.07, 6.45) is -0.432. The summed E-state index contributed by atoms with van der Waals surface area (Å²) < 4.78 is 38.9. The van der Waals surface area contributed by atoms with Gasteiger partial charge >= 0.3 is 6.09 Å². The van der Waals surface area contributed by atoms with Crippen molar-refractivity contribution in [1.82, 2.24) is 14.1 Å². The predicted octanol–water partition coefficient (Wildman–Crippen LogP) is 3.62. The van der Waals surface area contributed by atoms with E-state index in [0.717, 1.165) is 4.09 Å². The molecule has 0 spiro atoms. The molecule has 0 saturated heterocycles. The SMILES string of the molecule is CN(CCOCCS(=O)c1cc(F)c2c(c1)c(Br)nn2S)C(=O)OC(C)(C)C. The highest BCUT2D eigenvalue weighted by molar-refractivity contribution is 9.10. The molecule has 0 aliphatic heterocycles. The lowest BCUT2D eigenvalue weighted by Gasteiger charge is -2.24. The number of aromatic nitrogens is 2. The van der Waals surface area contributed by atoms with Crippen LogP contribution >= 0.6 is 28.7 Å². The van der Waals surface area contributed by atoms with Crippen LogP contribution in [0.1, 0.15) is 20.8 Å². The van der Waals surface area contributed by atoms with E-state index in [4.69, 9.17) is 9.47 Å². The molecule has 1 heterocycles. The van der Waals surface area contributed by atoms with Crippen molar-refractivity contribution in [2.75, 3.05) is 32.6 Å². The van der Waals surface area contributed by atoms with Gasteiger partial charge in [0.1, 0.15) is 15.7 Å². The van der Waals surface area contributed by atoms with Crippen molar-refractivity contribution in [3.05, 3.63) is 22.6 Å². The van der Waals surface area contributed by atoms with Crippen molar-refractivity contribution in [2.45, 2.75) is 31.3 Å². The number of hydrogen-bond acceptors (Lipinski definition) is 6. The average molecular weight is 496 g/mol. The molecular formula is C17H23BrFN3O4S2. The molecule has 1 aromatic carbocycles. The second kappa shape index (κ2) is 9.55. The van der Waals surface area contributed by atoms with Crippen LogP contribution in [0, 0.1) is 5.82 Å². The number of fused-ring (bicyclic) bond motifs is 1. The predicted molar refractivity (Wildman–Crippen MR) is 113 cm³/mol. The average Bonchev–Trinajstić information content (AvgIpc) is 2.87. The third-order valence-electron chi connectivity index (χ3n) is 3.59. The number of benzene rings is 1. The molecule has 0 aliphatic rings. The standard InChI is InChI=1S/C17H23BrFN3O4S2/c1-17(2,3)26-16(23)21(4)5-6-25-7-8-28(24)11-9-12-14(13(19)10-11)22(27)20-15(12)18/h9-10,27H,5-8H2,1-4H3. The molecule has 0 fully saturated rings. The molecule has 0 saturated carbocycles. The third kappa shape index (κ3) is 6.16.